The molecule has 25 heavy (non-hydrogen) atoms. The molecule has 4 aromatic rings. The van der Waals surface area contributed by atoms with Crippen molar-refractivity contribution in [3.05, 3.63) is 89.0 Å². The molecule has 0 aliphatic carbocycles. The molecule has 1 heterocycles. The lowest BCUT2D eigenvalue weighted by Gasteiger charge is -2.11. The number of anilines is 1. The Hall–Kier alpha value is -3.40. The zero-order chi connectivity index (χ0) is 17.4. The first-order chi connectivity index (χ1) is 12.1. The molecular weight excluding hydrogens is 310 g/mol. The first-order valence-corrected chi connectivity index (χ1v) is 8.08. The minimum Gasteiger partial charge on any atom is -0.399 e. The minimum absolute atomic E-state index is 0.0525. The molecular formula is C21H17N3O. The average molecular weight is 327 g/mol. The predicted octanol–water partition coefficient (Wildman–Crippen LogP) is 3.94. The molecule has 0 amide bonds. The van der Waals surface area contributed by atoms with Gasteiger partial charge in [-0.05, 0) is 54.4 Å². The van der Waals surface area contributed by atoms with Crippen LogP contribution in [-0.4, -0.2) is 9.55 Å². The van der Waals surface area contributed by atoms with Gasteiger partial charge in [-0.3, -0.25) is 9.36 Å². The van der Waals surface area contributed by atoms with Crippen LogP contribution in [0.2, 0.25) is 0 Å². The topological polar surface area (TPSA) is 60.9 Å². The number of rotatable bonds is 2. The molecule has 0 fully saturated rings. The van der Waals surface area contributed by atoms with E-state index in [0.29, 0.717) is 11.2 Å². The van der Waals surface area contributed by atoms with Crippen molar-refractivity contribution >= 4 is 16.6 Å². The summed E-state index contributed by atoms with van der Waals surface area (Å²) in [7, 11) is 0. The second kappa shape index (κ2) is 5.91. The van der Waals surface area contributed by atoms with Crippen LogP contribution >= 0.6 is 0 Å². The number of hydrogen-bond donors (Lipinski definition) is 1. The van der Waals surface area contributed by atoms with E-state index in [1.165, 1.54) is 0 Å². The van der Waals surface area contributed by atoms with Crippen molar-refractivity contribution in [2.75, 3.05) is 5.73 Å². The van der Waals surface area contributed by atoms with Crippen LogP contribution in [0.25, 0.3) is 27.7 Å². The highest BCUT2D eigenvalue weighted by molar-refractivity contribution is 5.78. The summed E-state index contributed by atoms with van der Waals surface area (Å²) < 4.78 is 1.65. The monoisotopic (exact) mass is 327 g/mol. The van der Waals surface area contributed by atoms with Crippen LogP contribution in [-0.2, 0) is 0 Å². The van der Waals surface area contributed by atoms with E-state index in [9.17, 15) is 4.79 Å². The van der Waals surface area contributed by atoms with Crippen LogP contribution in [0.15, 0.2) is 77.6 Å². The maximum atomic E-state index is 12.9. The highest BCUT2D eigenvalue weighted by Gasteiger charge is 2.09. The Balaban J connectivity index is 1.82. The van der Waals surface area contributed by atoms with Crippen LogP contribution in [0.1, 0.15) is 5.82 Å². The van der Waals surface area contributed by atoms with Gasteiger partial charge in [-0.2, -0.15) is 0 Å². The molecule has 0 radical (unpaired) electrons. The van der Waals surface area contributed by atoms with Crippen molar-refractivity contribution in [2.24, 2.45) is 0 Å². The second-order valence-corrected chi connectivity index (χ2v) is 5.99. The van der Waals surface area contributed by atoms with E-state index < -0.39 is 0 Å². The van der Waals surface area contributed by atoms with E-state index in [4.69, 9.17) is 5.73 Å². The molecule has 3 aromatic carbocycles. The van der Waals surface area contributed by atoms with E-state index in [0.717, 1.165) is 28.0 Å². The van der Waals surface area contributed by atoms with Gasteiger partial charge in [0.2, 0.25) is 0 Å². The molecule has 0 spiro atoms. The Kier molecular flexibility index (Phi) is 3.58. The summed E-state index contributed by atoms with van der Waals surface area (Å²) in [5.41, 5.74) is 10.1. The lowest BCUT2D eigenvalue weighted by molar-refractivity contribution is 0.895. The van der Waals surface area contributed by atoms with Gasteiger partial charge in [0.15, 0.2) is 0 Å². The smallest absolute Gasteiger partial charge is 0.265 e. The summed E-state index contributed by atoms with van der Waals surface area (Å²) in [5.74, 6) is 0.670. The summed E-state index contributed by atoms with van der Waals surface area (Å²) >= 11 is 0. The van der Waals surface area contributed by atoms with Gasteiger partial charge in [0.05, 0.1) is 16.6 Å². The van der Waals surface area contributed by atoms with Crippen molar-refractivity contribution < 1.29 is 0 Å². The molecule has 0 aliphatic heterocycles. The van der Waals surface area contributed by atoms with E-state index in [1.54, 1.807) is 4.57 Å². The van der Waals surface area contributed by atoms with Gasteiger partial charge < -0.3 is 5.73 Å². The molecule has 4 heteroatoms. The standard InChI is InChI=1S/C21H17N3O/c1-14-23-20-5-3-2-4-19(20)21(25)24(14)18-12-8-16(9-13-18)15-6-10-17(22)11-7-15/h2-13H,22H2,1H3. The van der Waals surface area contributed by atoms with Crippen molar-refractivity contribution in [3.63, 3.8) is 0 Å². The number of fused-ring (bicyclic) bond motifs is 1. The normalized spacial score (nSPS) is 10.9. The first kappa shape index (κ1) is 15.1. The summed E-state index contributed by atoms with van der Waals surface area (Å²) in [6, 6.07) is 23.0. The molecule has 4 nitrogen and oxygen atoms in total. The Bertz CT molecular complexity index is 1110. The van der Waals surface area contributed by atoms with Crippen molar-refractivity contribution in [1.29, 1.82) is 0 Å². The second-order valence-electron chi connectivity index (χ2n) is 5.99. The number of hydrogen-bond acceptors (Lipinski definition) is 3. The molecule has 4 rings (SSSR count). The molecule has 0 bridgehead atoms. The Morgan fingerprint density at radius 3 is 2.12 bits per heavy atom. The van der Waals surface area contributed by atoms with Crippen LogP contribution in [0.4, 0.5) is 5.69 Å². The largest absolute Gasteiger partial charge is 0.399 e. The average Bonchev–Trinajstić information content (AvgIpc) is 2.63. The van der Waals surface area contributed by atoms with Gasteiger partial charge in [0, 0.05) is 5.69 Å². The summed E-state index contributed by atoms with van der Waals surface area (Å²) in [6.45, 7) is 1.85. The Morgan fingerprint density at radius 1 is 0.840 bits per heavy atom. The summed E-state index contributed by atoms with van der Waals surface area (Å²) in [4.78, 5) is 17.4. The van der Waals surface area contributed by atoms with E-state index in [1.807, 2.05) is 79.7 Å². The van der Waals surface area contributed by atoms with Gasteiger partial charge in [-0.15, -0.1) is 0 Å². The van der Waals surface area contributed by atoms with Crippen LogP contribution in [0, 0.1) is 6.92 Å². The molecule has 2 N–H and O–H groups in total. The third kappa shape index (κ3) is 2.68. The van der Waals surface area contributed by atoms with Crippen molar-refractivity contribution in [1.82, 2.24) is 9.55 Å². The molecule has 0 atom stereocenters. The minimum atomic E-state index is -0.0525. The number of benzene rings is 3. The zero-order valence-corrected chi connectivity index (χ0v) is 13.8. The number of aryl methyl sites for hydroxylation is 1. The fourth-order valence-electron chi connectivity index (χ4n) is 3.03. The molecule has 122 valence electrons. The first-order valence-electron chi connectivity index (χ1n) is 8.08. The quantitative estimate of drug-likeness (QED) is 0.567. The molecule has 0 aliphatic rings. The van der Waals surface area contributed by atoms with Gasteiger partial charge in [0.1, 0.15) is 5.82 Å². The highest BCUT2D eigenvalue weighted by Crippen LogP contribution is 2.22. The zero-order valence-electron chi connectivity index (χ0n) is 13.8. The van der Waals surface area contributed by atoms with E-state index in [-0.39, 0.29) is 5.56 Å². The highest BCUT2D eigenvalue weighted by atomic mass is 16.1. The van der Waals surface area contributed by atoms with Crippen LogP contribution < -0.4 is 11.3 Å². The Labute approximate surface area is 145 Å². The van der Waals surface area contributed by atoms with E-state index >= 15 is 0 Å². The van der Waals surface area contributed by atoms with Gasteiger partial charge in [0.25, 0.3) is 5.56 Å². The van der Waals surface area contributed by atoms with Gasteiger partial charge in [-0.25, -0.2) is 4.98 Å². The number of nitrogens with zero attached hydrogens (tertiary/aromatic N) is 2. The Morgan fingerprint density at radius 2 is 1.44 bits per heavy atom. The fraction of sp³-hybridized carbons (Fsp3) is 0.0476. The third-order valence-electron chi connectivity index (χ3n) is 4.31. The summed E-state index contributed by atoms with van der Waals surface area (Å²) in [6.07, 6.45) is 0. The van der Waals surface area contributed by atoms with Crippen LogP contribution in [0.3, 0.4) is 0 Å². The van der Waals surface area contributed by atoms with E-state index in [2.05, 4.69) is 4.98 Å². The summed E-state index contributed by atoms with van der Waals surface area (Å²) in [5, 5.41) is 0.621. The molecule has 0 saturated carbocycles. The number of nitrogen functional groups attached to an aromatic ring is 1. The SMILES string of the molecule is Cc1nc2ccccc2c(=O)n1-c1ccc(-c2ccc(N)cc2)cc1. The van der Waals surface area contributed by atoms with Gasteiger partial charge >= 0.3 is 0 Å². The van der Waals surface area contributed by atoms with Crippen molar-refractivity contribution in [2.45, 2.75) is 6.92 Å². The molecule has 0 saturated heterocycles. The maximum absolute atomic E-state index is 12.9. The molecule has 1 aromatic heterocycles. The predicted molar refractivity (Wildman–Crippen MR) is 102 cm³/mol. The molecule has 0 unspecified atom stereocenters. The van der Waals surface area contributed by atoms with Crippen molar-refractivity contribution in [3.8, 4) is 16.8 Å². The number of nitrogens with two attached hydrogens (primary N) is 1. The lowest BCUT2D eigenvalue weighted by atomic mass is 10.0. The number of para-hydroxylation sites is 1. The lowest BCUT2D eigenvalue weighted by Crippen LogP contribution is -2.22. The van der Waals surface area contributed by atoms with Crippen LogP contribution in [0.5, 0.6) is 0 Å². The third-order valence-corrected chi connectivity index (χ3v) is 4.31. The fourth-order valence-corrected chi connectivity index (χ4v) is 3.03. The maximum Gasteiger partial charge on any atom is 0.265 e. The van der Waals surface area contributed by atoms with Gasteiger partial charge in [-0.1, -0.05) is 36.4 Å². The number of aromatic nitrogens is 2.